The normalized spacial score (nSPS) is 22.2. The van der Waals surface area contributed by atoms with Crippen molar-refractivity contribution in [1.82, 2.24) is 24.7 Å². The van der Waals surface area contributed by atoms with E-state index >= 15 is 0 Å². The van der Waals surface area contributed by atoms with Crippen LogP contribution in [0.15, 0.2) is 36.9 Å². The van der Waals surface area contributed by atoms with Crippen LogP contribution in [-0.4, -0.2) is 43.9 Å². The fourth-order valence-corrected chi connectivity index (χ4v) is 4.81. The number of hydrogen-bond acceptors (Lipinski definition) is 7. The largest absolute Gasteiger partial charge is 0.424 e. The van der Waals surface area contributed by atoms with Gasteiger partial charge in [-0.2, -0.15) is 9.67 Å². The molecule has 5 rings (SSSR count). The van der Waals surface area contributed by atoms with Gasteiger partial charge in [0, 0.05) is 37.0 Å². The summed E-state index contributed by atoms with van der Waals surface area (Å²) in [5.41, 5.74) is 0.943. The van der Waals surface area contributed by atoms with Gasteiger partial charge < -0.3 is 15.0 Å². The number of halogens is 3. The van der Waals surface area contributed by atoms with Crippen LogP contribution in [0.4, 0.5) is 20.5 Å². The second-order valence-electron chi connectivity index (χ2n) is 8.31. The fraction of sp³-hybridized carbons (Fsp3) is 0.364. The highest BCUT2D eigenvalue weighted by atomic mass is 35.5. The predicted octanol–water partition coefficient (Wildman–Crippen LogP) is 4.69. The van der Waals surface area contributed by atoms with Gasteiger partial charge >= 0.3 is 6.01 Å². The molecule has 1 unspecified atom stereocenters. The predicted molar refractivity (Wildman–Crippen MR) is 121 cm³/mol. The van der Waals surface area contributed by atoms with E-state index < -0.39 is 5.82 Å². The third-order valence-electron chi connectivity index (χ3n) is 6.14. The molecule has 0 spiro atoms. The highest BCUT2D eigenvalue weighted by Crippen LogP contribution is 2.40. The Morgan fingerprint density at radius 3 is 2.67 bits per heavy atom. The molecule has 1 aliphatic heterocycles. The summed E-state index contributed by atoms with van der Waals surface area (Å²) in [4.78, 5) is 15.3. The summed E-state index contributed by atoms with van der Waals surface area (Å²) in [5, 5.41) is 7.66. The molecule has 2 aromatic heterocycles. The molecule has 11 heteroatoms. The lowest BCUT2D eigenvalue weighted by atomic mass is 9.92. The van der Waals surface area contributed by atoms with Gasteiger partial charge in [-0.05, 0) is 43.7 Å². The van der Waals surface area contributed by atoms with E-state index in [0.717, 1.165) is 43.6 Å². The van der Waals surface area contributed by atoms with Crippen LogP contribution in [-0.2, 0) is 0 Å². The van der Waals surface area contributed by atoms with Gasteiger partial charge in [0.1, 0.15) is 30.0 Å². The Labute approximate surface area is 194 Å². The zero-order valence-corrected chi connectivity index (χ0v) is 18.6. The van der Waals surface area contributed by atoms with Crippen LogP contribution in [0.2, 0.25) is 5.02 Å². The van der Waals surface area contributed by atoms with E-state index in [0.29, 0.717) is 24.1 Å². The minimum absolute atomic E-state index is 0.0373. The molecule has 3 heterocycles. The number of fused-ring (bicyclic) bond motifs is 2. The molecule has 33 heavy (non-hydrogen) atoms. The molecule has 1 aromatic carbocycles. The molecule has 2 aliphatic rings. The minimum Gasteiger partial charge on any atom is -0.424 e. The van der Waals surface area contributed by atoms with E-state index in [1.807, 2.05) is 13.0 Å². The standard InChI is InChI=1S/C22H22ClF2N7O/c1-13-8-19(27-12-26-13)31-10-14-2-3-15(11-31)20(14)28-21-29-22(32(30-21)7-6-24)33-16-4-5-18(25)17(23)9-16/h4-9,12,14-15,20H,2-3,10-11H2,1H3,(H,28,30)/t14-,15+,20?. The number of nitrogens with zero attached hydrogens (tertiary/aromatic N) is 6. The summed E-state index contributed by atoms with van der Waals surface area (Å²) in [6, 6.07) is 6.15. The number of aryl methyl sites for hydroxylation is 1. The smallest absolute Gasteiger partial charge is 0.326 e. The monoisotopic (exact) mass is 473 g/mol. The first kappa shape index (κ1) is 21.6. The van der Waals surface area contributed by atoms with Crippen molar-refractivity contribution in [3.8, 4) is 11.8 Å². The first-order valence-electron chi connectivity index (χ1n) is 10.7. The lowest BCUT2D eigenvalue weighted by molar-refractivity contribution is 0.374. The van der Waals surface area contributed by atoms with Crippen LogP contribution < -0.4 is 15.0 Å². The van der Waals surface area contributed by atoms with Crippen LogP contribution in [0.1, 0.15) is 18.5 Å². The van der Waals surface area contributed by atoms with Crippen molar-refractivity contribution in [3.63, 3.8) is 0 Å². The van der Waals surface area contributed by atoms with Crippen LogP contribution >= 0.6 is 11.6 Å². The summed E-state index contributed by atoms with van der Waals surface area (Å²) in [5.74, 6) is 1.77. The highest BCUT2D eigenvalue weighted by Gasteiger charge is 2.43. The molecule has 3 atom stereocenters. The molecule has 2 fully saturated rings. The van der Waals surface area contributed by atoms with Gasteiger partial charge in [0.25, 0.3) is 0 Å². The van der Waals surface area contributed by atoms with E-state index in [2.05, 4.69) is 30.3 Å². The van der Waals surface area contributed by atoms with Crippen molar-refractivity contribution in [3.05, 3.63) is 53.5 Å². The van der Waals surface area contributed by atoms with E-state index in [9.17, 15) is 8.78 Å². The molecule has 2 bridgehead atoms. The number of rotatable bonds is 6. The van der Waals surface area contributed by atoms with Crippen molar-refractivity contribution in [1.29, 1.82) is 0 Å². The number of anilines is 2. The van der Waals surface area contributed by atoms with Crippen molar-refractivity contribution in [2.45, 2.75) is 25.8 Å². The topological polar surface area (TPSA) is 81.0 Å². The van der Waals surface area contributed by atoms with Gasteiger partial charge in [-0.3, -0.25) is 0 Å². The molecular weight excluding hydrogens is 452 g/mol. The van der Waals surface area contributed by atoms with Crippen LogP contribution in [0.25, 0.3) is 6.20 Å². The maximum atomic E-state index is 13.4. The first-order chi connectivity index (χ1) is 16.0. The molecule has 172 valence electrons. The molecule has 1 saturated heterocycles. The third-order valence-corrected chi connectivity index (χ3v) is 6.43. The van der Waals surface area contributed by atoms with Crippen molar-refractivity contribution in [2.24, 2.45) is 11.8 Å². The molecule has 0 radical (unpaired) electrons. The summed E-state index contributed by atoms with van der Waals surface area (Å²) in [6.07, 6.45) is 5.21. The SMILES string of the molecule is Cc1cc(N2C[C@H]3CC[C@@H](C2)C3Nc2nc(Oc3ccc(F)c(Cl)c3)n(C=CF)n2)ncn1. The van der Waals surface area contributed by atoms with Gasteiger partial charge in [0.2, 0.25) is 5.95 Å². The van der Waals surface area contributed by atoms with Crippen molar-refractivity contribution < 1.29 is 13.5 Å². The van der Waals surface area contributed by atoms with Gasteiger partial charge in [0.05, 0.1) is 11.2 Å². The summed E-state index contributed by atoms with van der Waals surface area (Å²) in [6.45, 7) is 3.70. The summed E-state index contributed by atoms with van der Waals surface area (Å²) in [7, 11) is 0. The number of hydrogen-bond donors (Lipinski definition) is 1. The lowest BCUT2D eigenvalue weighted by Crippen LogP contribution is -2.48. The van der Waals surface area contributed by atoms with E-state index in [-0.39, 0.29) is 22.8 Å². The first-order valence-corrected chi connectivity index (χ1v) is 11.0. The van der Waals surface area contributed by atoms with Gasteiger partial charge in [0.15, 0.2) is 0 Å². The Balaban J connectivity index is 1.32. The van der Waals surface area contributed by atoms with Crippen LogP contribution in [0, 0.1) is 24.6 Å². The maximum absolute atomic E-state index is 13.4. The number of aromatic nitrogens is 5. The van der Waals surface area contributed by atoms with E-state index in [1.54, 1.807) is 6.33 Å². The Hall–Kier alpha value is -3.27. The van der Waals surface area contributed by atoms with Crippen molar-refractivity contribution >= 4 is 29.6 Å². The van der Waals surface area contributed by atoms with Gasteiger partial charge in [-0.25, -0.2) is 18.7 Å². The average molecular weight is 474 g/mol. The number of ether oxygens (including phenoxy) is 1. The molecule has 1 aliphatic carbocycles. The number of benzene rings is 1. The molecular formula is C22H22ClF2N7O. The Kier molecular flexibility index (Phi) is 5.84. The quantitative estimate of drug-likeness (QED) is 0.556. The highest BCUT2D eigenvalue weighted by molar-refractivity contribution is 6.30. The molecule has 3 aromatic rings. The second kappa shape index (κ2) is 8.93. The van der Waals surface area contributed by atoms with Crippen LogP contribution in [0.5, 0.6) is 11.8 Å². The number of nitrogens with one attached hydrogen (secondary N) is 1. The number of piperidine rings is 1. The maximum Gasteiger partial charge on any atom is 0.326 e. The third kappa shape index (κ3) is 4.47. The molecule has 8 nitrogen and oxygen atoms in total. The zero-order valence-electron chi connectivity index (χ0n) is 17.8. The van der Waals surface area contributed by atoms with Crippen LogP contribution in [0.3, 0.4) is 0 Å². The van der Waals surface area contributed by atoms with Gasteiger partial charge in [-0.1, -0.05) is 11.6 Å². The lowest BCUT2D eigenvalue weighted by Gasteiger charge is -2.38. The Morgan fingerprint density at radius 1 is 1.18 bits per heavy atom. The van der Waals surface area contributed by atoms with Gasteiger partial charge in [-0.15, -0.1) is 5.10 Å². The van der Waals surface area contributed by atoms with E-state index in [1.165, 1.54) is 22.9 Å². The Bertz CT molecular complexity index is 1170. The molecule has 1 saturated carbocycles. The fourth-order valence-electron chi connectivity index (χ4n) is 4.64. The molecule has 0 amide bonds. The summed E-state index contributed by atoms with van der Waals surface area (Å²) >= 11 is 5.82. The zero-order chi connectivity index (χ0) is 22.9. The second-order valence-corrected chi connectivity index (χ2v) is 8.71. The van der Waals surface area contributed by atoms with Crippen molar-refractivity contribution in [2.75, 3.05) is 23.3 Å². The minimum atomic E-state index is -0.560. The summed E-state index contributed by atoms with van der Waals surface area (Å²) < 4.78 is 33.2. The Morgan fingerprint density at radius 2 is 1.97 bits per heavy atom. The van der Waals surface area contributed by atoms with E-state index in [4.69, 9.17) is 16.3 Å². The molecule has 1 N–H and O–H groups in total. The average Bonchev–Trinajstić information content (AvgIpc) is 3.26.